The summed E-state index contributed by atoms with van der Waals surface area (Å²) in [7, 11) is 0. The van der Waals surface area contributed by atoms with Crippen LogP contribution in [0.3, 0.4) is 0 Å². The highest BCUT2D eigenvalue weighted by molar-refractivity contribution is 5.80. The fourth-order valence-corrected chi connectivity index (χ4v) is 2.49. The number of benzene rings is 1. The number of aryl methyl sites for hydroxylation is 1. The standard InChI is InChI=1S/C15H21NO/c1-12-11-14(16-15(12)17)10-6-5-9-13-7-3-2-4-8-13/h2-4,7-8,12,14H,5-6,9-11H2,1H3,(H,16,17). The molecular formula is C15H21NO. The Morgan fingerprint density at radius 2 is 2.00 bits per heavy atom. The molecule has 0 bridgehead atoms. The van der Waals surface area contributed by atoms with Gasteiger partial charge in [0.1, 0.15) is 0 Å². The van der Waals surface area contributed by atoms with E-state index in [1.54, 1.807) is 0 Å². The van der Waals surface area contributed by atoms with Crippen LogP contribution in [0, 0.1) is 5.92 Å². The lowest BCUT2D eigenvalue weighted by Crippen LogP contribution is -2.25. The first-order chi connectivity index (χ1) is 8.25. The second-order valence-electron chi connectivity index (χ2n) is 5.07. The van der Waals surface area contributed by atoms with Gasteiger partial charge in [-0.25, -0.2) is 0 Å². The van der Waals surface area contributed by atoms with E-state index >= 15 is 0 Å². The Morgan fingerprint density at radius 1 is 1.24 bits per heavy atom. The summed E-state index contributed by atoms with van der Waals surface area (Å²) < 4.78 is 0. The number of rotatable bonds is 5. The minimum absolute atomic E-state index is 0.217. The topological polar surface area (TPSA) is 29.1 Å². The largest absolute Gasteiger partial charge is 0.353 e. The Morgan fingerprint density at radius 3 is 2.65 bits per heavy atom. The zero-order valence-corrected chi connectivity index (χ0v) is 10.5. The van der Waals surface area contributed by atoms with E-state index in [0.717, 1.165) is 19.3 Å². The maximum absolute atomic E-state index is 11.3. The Bertz CT molecular complexity index is 360. The summed E-state index contributed by atoms with van der Waals surface area (Å²) >= 11 is 0. The van der Waals surface area contributed by atoms with E-state index < -0.39 is 0 Å². The zero-order valence-electron chi connectivity index (χ0n) is 10.5. The number of nitrogens with one attached hydrogen (secondary N) is 1. The zero-order chi connectivity index (χ0) is 12.1. The van der Waals surface area contributed by atoms with Crippen LogP contribution in [0.25, 0.3) is 0 Å². The summed E-state index contributed by atoms with van der Waals surface area (Å²) in [4.78, 5) is 11.3. The molecule has 0 aromatic heterocycles. The molecule has 17 heavy (non-hydrogen) atoms. The van der Waals surface area contributed by atoms with Gasteiger partial charge in [-0.1, -0.05) is 43.7 Å². The lowest BCUT2D eigenvalue weighted by molar-refractivity contribution is -0.122. The van der Waals surface area contributed by atoms with Crippen LogP contribution >= 0.6 is 0 Å². The Labute approximate surface area is 103 Å². The molecule has 2 nitrogen and oxygen atoms in total. The van der Waals surface area contributed by atoms with Crippen molar-refractivity contribution in [3.05, 3.63) is 35.9 Å². The maximum atomic E-state index is 11.3. The van der Waals surface area contributed by atoms with Crippen LogP contribution < -0.4 is 5.32 Å². The van der Waals surface area contributed by atoms with Crippen molar-refractivity contribution in [2.75, 3.05) is 0 Å². The average Bonchev–Trinajstić information content (AvgIpc) is 2.66. The molecule has 1 aliphatic rings. The molecule has 0 radical (unpaired) electrons. The molecule has 0 spiro atoms. The van der Waals surface area contributed by atoms with Gasteiger partial charge < -0.3 is 5.32 Å². The molecule has 1 aliphatic heterocycles. The van der Waals surface area contributed by atoms with Crippen LogP contribution in [0.4, 0.5) is 0 Å². The third kappa shape index (κ3) is 3.58. The highest BCUT2D eigenvalue weighted by atomic mass is 16.2. The lowest BCUT2D eigenvalue weighted by Gasteiger charge is -2.09. The van der Waals surface area contributed by atoms with E-state index in [-0.39, 0.29) is 11.8 Å². The third-order valence-electron chi connectivity index (χ3n) is 3.54. The quantitative estimate of drug-likeness (QED) is 0.776. The Balaban J connectivity index is 1.63. The smallest absolute Gasteiger partial charge is 0.223 e. The molecule has 92 valence electrons. The van der Waals surface area contributed by atoms with Gasteiger partial charge in [-0.05, 0) is 31.2 Å². The second-order valence-corrected chi connectivity index (χ2v) is 5.07. The summed E-state index contributed by atoms with van der Waals surface area (Å²) in [6, 6.07) is 11.0. The first kappa shape index (κ1) is 12.2. The molecule has 1 heterocycles. The Hall–Kier alpha value is -1.31. The molecule has 1 amide bonds. The fourth-order valence-electron chi connectivity index (χ4n) is 2.49. The van der Waals surface area contributed by atoms with E-state index in [9.17, 15) is 4.79 Å². The van der Waals surface area contributed by atoms with Gasteiger partial charge in [-0.15, -0.1) is 0 Å². The predicted octanol–water partition coefficient (Wildman–Crippen LogP) is 2.92. The van der Waals surface area contributed by atoms with Crippen LogP contribution in [0.2, 0.25) is 0 Å². The Kier molecular flexibility index (Phi) is 4.18. The van der Waals surface area contributed by atoms with Crippen molar-refractivity contribution < 1.29 is 4.79 Å². The summed E-state index contributed by atoms with van der Waals surface area (Å²) in [5, 5.41) is 3.06. The molecule has 1 aromatic rings. The number of amides is 1. The monoisotopic (exact) mass is 231 g/mol. The average molecular weight is 231 g/mol. The summed E-state index contributed by atoms with van der Waals surface area (Å²) in [5.74, 6) is 0.451. The summed E-state index contributed by atoms with van der Waals surface area (Å²) in [5.41, 5.74) is 1.41. The van der Waals surface area contributed by atoms with Gasteiger partial charge in [0.2, 0.25) is 5.91 Å². The fraction of sp³-hybridized carbons (Fsp3) is 0.533. The van der Waals surface area contributed by atoms with E-state index in [1.807, 2.05) is 6.92 Å². The number of carbonyl (C=O) groups is 1. The van der Waals surface area contributed by atoms with Crippen molar-refractivity contribution in [3.63, 3.8) is 0 Å². The number of carbonyl (C=O) groups excluding carboxylic acids is 1. The van der Waals surface area contributed by atoms with Crippen LogP contribution in [-0.4, -0.2) is 11.9 Å². The van der Waals surface area contributed by atoms with Gasteiger partial charge in [0, 0.05) is 12.0 Å². The van der Waals surface area contributed by atoms with E-state index in [2.05, 4.69) is 35.6 Å². The van der Waals surface area contributed by atoms with Gasteiger partial charge in [0.25, 0.3) is 0 Å². The highest BCUT2D eigenvalue weighted by Gasteiger charge is 2.27. The van der Waals surface area contributed by atoms with Crippen LogP contribution in [0.1, 0.15) is 38.2 Å². The minimum Gasteiger partial charge on any atom is -0.353 e. The van der Waals surface area contributed by atoms with Gasteiger partial charge in [-0.3, -0.25) is 4.79 Å². The molecule has 1 N–H and O–H groups in total. The molecule has 2 rings (SSSR count). The normalized spacial score (nSPS) is 23.7. The molecule has 0 saturated carbocycles. The lowest BCUT2D eigenvalue weighted by atomic mass is 10.0. The third-order valence-corrected chi connectivity index (χ3v) is 3.54. The predicted molar refractivity (Wildman–Crippen MR) is 69.7 cm³/mol. The molecule has 1 aromatic carbocycles. The minimum atomic E-state index is 0.217. The molecule has 2 heteroatoms. The molecule has 2 unspecified atom stereocenters. The molecule has 2 atom stereocenters. The van der Waals surface area contributed by atoms with Crippen molar-refractivity contribution >= 4 is 5.91 Å². The van der Waals surface area contributed by atoms with Crippen LogP contribution in [0.5, 0.6) is 0 Å². The van der Waals surface area contributed by atoms with Gasteiger partial charge in [0.05, 0.1) is 0 Å². The highest BCUT2D eigenvalue weighted by Crippen LogP contribution is 2.19. The van der Waals surface area contributed by atoms with Gasteiger partial charge in [-0.2, -0.15) is 0 Å². The van der Waals surface area contributed by atoms with Crippen molar-refractivity contribution in [3.8, 4) is 0 Å². The second kappa shape index (κ2) is 5.85. The maximum Gasteiger partial charge on any atom is 0.223 e. The molecule has 1 saturated heterocycles. The van der Waals surface area contributed by atoms with Gasteiger partial charge in [0.15, 0.2) is 0 Å². The number of hydrogen-bond acceptors (Lipinski definition) is 1. The van der Waals surface area contributed by atoms with E-state index in [4.69, 9.17) is 0 Å². The first-order valence-electron chi connectivity index (χ1n) is 6.60. The van der Waals surface area contributed by atoms with Crippen molar-refractivity contribution in [2.24, 2.45) is 5.92 Å². The number of hydrogen-bond donors (Lipinski definition) is 1. The molecular weight excluding hydrogens is 210 g/mol. The van der Waals surface area contributed by atoms with Crippen LogP contribution in [0.15, 0.2) is 30.3 Å². The SMILES string of the molecule is CC1CC(CCCCc2ccccc2)NC1=O. The molecule has 1 fully saturated rings. The first-order valence-corrected chi connectivity index (χ1v) is 6.60. The van der Waals surface area contributed by atoms with E-state index in [0.29, 0.717) is 6.04 Å². The van der Waals surface area contributed by atoms with Crippen LogP contribution in [-0.2, 0) is 11.2 Å². The van der Waals surface area contributed by atoms with Crippen molar-refractivity contribution in [2.45, 2.75) is 45.1 Å². The van der Waals surface area contributed by atoms with E-state index in [1.165, 1.54) is 18.4 Å². The van der Waals surface area contributed by atoms with Crippen molar-refractivity contribution in [1.82, 2.24) is 5.32 Å². The van der Waals surface area contributed by atoms with Gasteiger partial charge >= 0.3 is 0 Å². The molecule has 0 aliphatic carbocycles. The van der Waals surface area contributed by atoms with Crippen molar-refractivity contribution in [1.29, 1.82) is 0 Å². The number of unbranched alkanes of at least 4 members (excludes halogenated alkanes) is 1. The summed E-state index contributed by atoms with van der Waals surface area (Å²) in [6.45, 7) is 2.01. The summed E-state index contributed by atoms with van der Waals surface area (Å²) in [6.07, 6.45) is 5.71.